The van der Waals surface area contributed by atoms with Crippen molar-refractivity contribution >= 4 is 0 Å². The van der Waals surface area contributed by atoms with Crippen LogP contribution in [0.25, 0.3) is 0 Å². The maximum absolute atomic E-state index is 13.7. The van der Waals surface area contributed by atoms with Crippen LogP contribution in [0.4, 0.5) is 8.78 Å². The SMILES string of the molecule is CNC(CN(C)C1CC1)c1cccc(F)c1F. The fourth-order valence-electron chi connectivity index (χ4n) is 2.09. The van der Waals surface area contributed by atoms with Gasteiger partial charge in [-0.3, -0.25) is 0 Å². The van der Waals surface area contributed by atoms with Crippen LogP contribution in [0, 0.1) is 11.6 Å². The monoisotopic (exact) mass is 240 g/mol. The van der Waals surface area contributed by atoms with Crippen molar-refractivity contribution in [2.24, 2.45) is 0 Å². The van der Waals surface area contributed by atoms with E-state index in [9.17, 15) is 8.78 Å². The highest BCUT2D eigenvalue weighted by Crippen LogP contribution is 2.28. The van der Waals surface area contributed by atoms with Crippen molar-refractivity contribution < 1.29 is 8.78 Å². The third-order valence-electron chi connectivity index (χ3n) is 3.35. The van der Waals surface area contributed by atoms with Gasteiger partial charge in [0.05, 0.1) is 0 Å². The van der Waals surface area contributed by atoms with Gasteiger partial charge in [-0.1, -0.05) is 12.1 Å². The number of nitrogens with zero attached hydrogens (tertiary/aromatic N) is 1. The number of halogens is 2. The minimum atomic E-state index is -0.781. The summed E-state index contributed by atoms with van der Waals surface area (Å²) in [6.07, 6.45) is 2.41. The summed E-state index contributed by atoms with van der Waals surface area (Å²) in [4.78, 5) is 2.20. The minimum absolute atomic E-state index is 0.170. The number of rotatable bonds is 5. The molecule has 17 heavy (non-hydrogen) atoms. The van der Waals surface area contributed by atoms with E-state index in [-0.39, 0.29) is 6.04 Å². The smallest absolute Gasteiger partial charge is 0.163 e. The van der Waals surface area contributed by atoms with Crippen LogP contribution in [0.3, 0.4) is 0 Å². The first-order chi connectivity index (χ1) is 8.13. The van der Waals surface area contributed by atoms with Gasteiger partial charge in [0.15, 0.2) is 11.6 Å². The first-order valence-electron chi connectivity index (χ1n) is 5.95. The van der Waals surface area contributed by atoms with Crippen molar-refractivity contribution in [1.29, 1.82) is 0 Å². The Labute approximate surface area is 101 Å². The Morgan fingerprint density at radius 1 is 1.41 bits per heavy atom. The molecule has 1 aliphatic carbocycles. The summed E-state index contributed by atoms with van der Waals surface area (Å²) in [5, 5.41) is 3.05. The van der Waals surface area contributed by atoms with E-state index in [0.29, 0.717) is 18.2 Å². The van der Waals surface area contributed by atoms with Crippen LogP contribution >= 0.6 is 0 Å². The molecule has 1 N–H and O–H groups in total. The van der Waals surface area contributed by atoms with E-state index in [4.69, 9.17) is 0 Å². The Morgan fingerprint density at radius 2 is 2.12 bits per heavy atom. The molecule has 0 aromatic heterocycles. The Kier molecular flexibility index (Phi) is 3.74. The largest absolute Gasteiger partial charge is 0.312 e. The summed E-state index contributed by atoms with van der Waals surface area (Å²) in [6, 6.07) is 4.78. The molecule has 2 rings (SSSR count). The third kappa shape index (κ3) is 2.82. The van der Waals surface area contributed by atoms with Gasteiger partial charge in [0.25, 0.3) is 0 Å². The normalized spacial score (nSPS) is 17.5. The van der Waals surface area contributed by atoms with Gasteiger partial charge in [0.1, 0.15) is 0 Å². The number of hydrogen-bond acceptors (Lipinski definition) is 2. The average molecular weight is 240 g/mol. The van der Waals surface area contributed by atoms with Gasteiger partial charge in [0, 0.05) is 24.2 Å². The Morgan fingerprint density at radius 3 is 2.71 bits per heavy atom. The molecule has 0 radical (unpaired) electrons. The minimum Gasteiger partial charge on any atom is -0.312 e. The second kappa shape index (κ2) is 5.10. The van der Waals surface area contributed by atoms with E-state index >= 15 is 0 Å². The summed E-state index contributed by atoms with van der Waals surface area (Å²) < 4.78 is 26.8. The molecule has 0 heterocycles. The lowest BCUT2D eigenvalue weighted by Gasteiger charge is -2.24. The van der Waals surface area contributed by atoms with Gasteiger partial charge in [-0.25, -0.2) is 8.78 Å². The first kappa shape index (κ1) is 12.5. The van der Waals surface area contributed by atoms with Crippen LogP contribution in [0.1, 0.15) is 24.4 Å². The van der Waals surface area contributed by atoms with E-state index in [1.807, 2.05) is 7.05 Å². The van der Waals surface area contributed by atoms with Crippen LogP contribution in [0.5, 0.6) is 0 Å². The van der Waals surface area contributed by atoms with Crippen LogP contribution in [0.2, 0.25) is 0 Å². The molecule has 0 saturated heterocycles. The fraction of sp³-hybridized carbons (Fsp3) is 0.538. The molecule has 1 aliphatic rings. The highest BCUT2D eigenvalue weighted by Gasteiger charge is 2.28. The summed E-state index contributed by atoms with van der Waals surface area (Å²) >= 11 is 0. The van der Waals surface area contributed by atoms with Crippen LogP contribution in [0.15, 0.2) is 18.2 Å². The number of likely N-dealkylation sites (N-methyl/N-ethyl adjacent to an activating group) is 2. The highest BCUT2D eigenvalue weighted by atomic mass is 19.2. The molecule has 1 unspecified atom stereocenters. The molecule has 1 aromatic rings. The van der Waals surface area contributed by atoms with Crippen molar-refractivity contribution in [1.82, 2.24) is 10.2 Å². The molecule has 2 nitrogen and oxygen atoms in total. The van der Waals surface area contributed by atoms with E-state index in [1.54, 1.807) is 19.2 Å². The summed E-state index contributed by atoms with van der Waals surface area (Å²) in [6.45, 7) is 0.696. The zero-order chi connectivity index (χ0) is 12.4. The molecule has 1 atom stereocenters. The predicted octanol–water partition coefficient (Wildman–Crippen LogP) is 2.32. The van der Waals surface area contributed by atoms with E-state index < -0.39 is 11.6 Å². The van der Waals surface area contributed by atoms with Gasteiger partial charge >= 0.3 is 0 Å². The molecule has 1 aromatic carbocycles. The molecular weight excluding hydrogens is 222 g/mol. The lowest BCUT2D eigenvalue weighted by atomic mass is 10.1. The Balaban J connectivity index is 2.13. The van der Waals surface area contributed by atoms with Crippen molar-refractivity contribution in [2.75, 3.05) is 20.6 Å². The summed E-state index contributed by atoms with van der Waals surface area (Å²) in [5.74, 6) is -1.52. The summed E-state index contributed by atoms with van der Waals surface area (Å²) in [5.41, 5.74) is 0.403. The molecule has 94 valence electrons. The van der Waals surface area contributed by atoms with Gasteiger partial charge < -0.3 is 10.2 Å². The molecule has 4 heteroatoms. The Bertz CT molecular complexity index is 391. The molecule has 0 aliphatic heterocycles. The lowest BCUT2D eigenvalue weighted by molar-refractivity contribution is 0.283. The molecule has 0 bridgehead atoms. The van der Waals surface area contributed by atoms with Crippen molar-refractivity contribution in [3.8, 4) is 0 Å². The number of benzene rings is 1. The first-order valence-corrected chi connectivity index (χ1v) is 5.95. The van der Waals surface area contributed by atoms with Gasteiger partial charge in [0.2, 0.25) is 0 Å². The quantitative estimate of drug-likeness (QED) is 0.849. The zero-order valence-corrected chi connectivity index (χ0v) is 10.2. The highest BCUT2D eigenvalue weighted by molar-refractivity contribution is 5.23. The molecule has 1 saturated carbocycles. The third-order valence-corrected chi connectivity index (χ3v) is 3.35. The van der Waals surface area contributed by atoms with E-state index in [2.05, 4.69) is 10.2 Å². The zero-order valence-electron chi connectivity index (χ0n) is 10.2. The molecule has 1 fully saturated rings. The standard InChI is InChI=1S/C13H18F2N2/c1-16-12(8-17(2)9-6-7-9)10-4-3-5-11(14)13(10)15/h3-5,9,12,16H,6-8H2,1-2H3. The topological polar surface area (TPSA) is 15.3 Å². The molecule has 0 amide bonds. The van der Waals surface area contributed by atoms with Crippen LogP contribution in [-0.2, 0) is 0 Å². The van der Waals surface area contributed by atoms with Crippen LogP contribution in [-0.4, -0.2) is 31.6 Å². The fourth-order valence-corrected chi connectivity index (χ4v) is 2.09. The van der Waals surface area contributed by atoms with E-state index in [1.165, 1.54) is 12.8 Å². The second-order valence-corrected chi connectivity index (χ2v) is 4.66. The lowest BCUT2D eigenvalue weighted by Crippen LogP contribution is -2.33. The maximum Gasteiger partial charge on any atom is 0.163 e. The summed E-state index contributed by atoms with van der Waals surface area (Å²) in [7, 11) is 3.80. The molecule has 0 spiro atoms. The Hall–Kier alpha value is -1.00. The van der Waals surface area contributed by atoms with Gasteiger partial charge in [-0.15, -0.1) is 0 Å². The van der Waals surface area contributed by atoms with Gasteiger partial charge in [-0.05, 0) is 33.0 Å². The van der Waals surface area contributed by atoms with Crippen LogP contribution < -0.4 is 5.32 Å². The second-order valence-electron chi connectivity index (χ2n) is 4.66. The van der Waals surface area contributed by atoms with Crippen molar-refractivity contribution in [3.05, 3.63) is 35.4 Å². The average Bonchev–Trinajstić information content (AvgIpc) is 3.14. The predicted molar refractivity (Wildman–Crippen MR) is 63.8 cm³/mol. The van der Waals surface area contributed by atoms with E-state index in [0.717, 1.165) is 6.07 Å². The van der Waals surface area contributed by atoms with Crippen molar-refractivity contribution in [2.45, 2.75) is 24.9 Å². The number of nitrogens with one attached hydrogen (secondary N) is 1. The maximum atomic E-state index is 13.7. The molecular formula is C13H18F2N2. The number of hydrogen-bond donors (Lipinski definition) is 1. The van der Waals surface area contributed by atoms with Gasteiger partial charge in [-0.2, -0.15) is 0 Å². The van der Waals surface area contributed by atoms with Crippen molar-refractivity contribution in [3.63, 3.8) is 0 Å².